The molecule has 1 nitrogen and oxygen atoms in total. The first kappa shape index (κ1) is 26.7. The predicted octanol–water partition coefficient (Wildman–Crippen LogP) is 13.3. The molecule has 0 saturated heterocycles. The fourth-order valence-corrected chi connectivity index (χ4v) is 9.37. The minimum atomic E-state index is -0.0751. The van der Waals surface area contributed by atoms with Gasteiger partial charge in [-0.3, -0.25) is 0 Å². The van der Waals surface area contributed by atoms with Gasteiger partial charge < -0.3 is 4.90 Å². The molecule has 0 bridgehead atoms. The van der Waals surface area contributed by atoms with Gasteiger partial charge in [0, 0.05) is 47.9 Å². The summed E-state index contributed by atoms with van der Waals surface area (Å²) in [5.74, 6) is 0. The Bertz CT molecular complexity index is 2730. The second-order valence-electron chi connectivity index (χ2n) is 13.3. The summed E-state index contributed by atoms with van der Waals surface area (Å²) in [4.78, 5) is 2.49. The third-order valence-corrected chi connectivity index (χ3v) is 11.6. The van der Waals surface area contributed by atoms with E-state index in [0.29, 0.717) is 0 Å². The van der Waals surface area contributed by atoms with Gasteiger partial charge in [-0.25, -0.2) is 0 Å². The van der Waals surface area contributed by atoms with E-state index in [-0.39, 0.29) is 5.41 Å². The number of hydrogen-bond acceptors (Lipinski definition) is 2. The molecule has 0 atom stereocenters. The Labute approximate surface area is 278 Å². The van der Waals surface area contributed by atoms with E-state index in [0.717, 1.165) is 5.69 Å². The van der Waals surface area contributed by atoms with Gasteiger partial charge in [0.25, 0.3) is 0 Å². The summed E-state index contributed by atoms with van der Waals surface area (Å²) in [7, 11) is 0. The lowest BCUT2D eigenvalue weighted by Crippen LogP contribution is -2.16. The van der Waals surface area contributed by atoms with Crippen LogP contribution in [0.2, 0.25) is 0 Å². The summed E-state index contributed by atoms with van der Waals surface area (Å²) >= 11 is 1.91. The van der Waals surface area contributed by atoms with Crippen molar-refractivity contribution in [1.82, 2.24) is 0 Å². The molecule has 0 unspecified atom stereocenters. The molecular formula is C45H31NS. The van der Waals surface area contributed by atoms with Crippen LogP contribution >= 0.6 is 11.3 Å². The largest absolute Gasteiger partial charge is 0.310 e. The van der Waals surface area contributed by atoms with E-state index in [2.05, 4.69) is 170 Å². The Morgan fingerprint density at radius 1 is 0.489 bits per heavy atom. The third kappa shape index (κ3) is 3.83. The fraction of sp³-hybridized carbons (Fsp3) is 0.0667. The second-order valence-corrected chi connectivity index (χ2v) is 14.4. The zero-order chi connectivity index (χ0) is 31.3. The monoisotopic (exact) mass is 617 g/mol. The van der Waals surface area contributed by atoms with Gasteiger partial charge in [-0.15, -0.1) is 11.3 Å². The van der Waals surface area contributed by atoms with Crippen LogP contribution in [0.25, 0.3) is 63.6 Å². The highest BCUT2D eigenvalue weighted by Gasteiger charge is 2.37. The topological polar surface area (TPSA) is 3.24 Å². The fourth-order valence-electron chi connectivity index (χ4n) is 8.11. The van der Waals surface area contributed by atoms with Crippen LogP contribution in [0.4, 0.5) is 17.1 Å². The maximum atomic E-state index is 2.49. The molecule has 8 aromatic carbocycles. The molecule has 0 fully saturated rings. The van der Waals surface area contributed by atoms with Gasteiger partial charge in [-0.05, 0) is 80.0 Å². The molecule has 1 aliphatic carbocycles. The third-order valence-electron chi connectivity index (χ3n) is 10.4. The first-order chi connectivity index (χ1) is 23.1. The van der Waals surface area contributed by atoms with Gasteiger partial charge >= 0.3 is 0 Å². The Balaban J connectivity index is 1.26. The van der Waals surface area contributed by atoms with Crippen LogP contribution in [-0.4, -0.2) is 0 Å². The van der Waals surface area contributed by atoms with Crippen LogP contribution in [0.5, 0.6) is 0 Å². The van der Waals surface area contributed by atoms with Crippen molar-refractivity contribution >= 4 is 80.9 Å². The molecule has 0 N–H and O–H groups in total. The van der Waals surface area contributed by atoms with E-state index in [1.807, 2.05) is 11.3 Å². The van der Waals surface area contributed by atoms with Gasteiger partial charge in [-0.1, -0.05) is 129 Å². The molecule has 10 rings (SSSR count). The van der Waals surface area contributed by atoms with E-state index < -0.39 is 0 Å². The second kappa shape index (κ2) is 9.78. The van der Waals surface area contributed by atoms with Crippen LogP contribution < -0.4 is 4.90 Å². The minimum absolute atomic E-state index is 0.0751. The standard InChI is InChI=1S/C45H31NS/c1-45(2)38-15-8-7-14-36(38)43-39(45)16-9-17-40(43)46(32-22-20-28-10-3-4-12-31(28)26-32)33-23-25-41-37(27-33)35-24-21-30-19-18-29-11-5-6-13-34(29)42(30)44(35)47-41/h3-27H,1-2H3. The van der Waals surface area contributed by atoms with Crippen molar-refractivity contribution < 1.29 is 0 Å². The molecule has 0 saturated carbocycles. The summed E-state index contributed by atoms with van der Waals surface area (Å²) in [6, 6.07) is 56.4. The van der Waals surface area contributed by atoms with Crippen molar-refractivity contribution in [3.63, 3.8) is 0 Å². The molecule has 47 heavy (non-hydrogen) atoms. The van der Waals surface area contributed by atoms with Crippen molar-refractivity contribution in [2.75, 3.05) is 4.90 Å². The van der Waals surface area contributed by atoms with Crippen molar-refractivity contribution in [2.45, 2.75) is 19.3 Å². The van der Waals surface area contributed by atoms with E-state index in [1.165, 1.54) is 86.1 Å². The smallest absolute Gasteiger partial charge is 0.0543 e. The van der Waals surface area contributed by atoms with Crippen LogP contribution in [-0.2, 0) is 5.41 Å². The lowest BCUT2D eigenvalue weighted by Gasteiger charge is -2.29. The van der Waals surface area contributed by atoms with Crippen molar-refractivity contribution in [3.8, 4) is 11.1 Å². The van der Waals surface area contributed by atoms with E-state index in [1.54, 1.807) is 0 Å². The van der Waals surface area contributed by atoms with Crippen LogP contribution in [0.3, 0.4) is 0 Å². The van der Waals surface area contributed by atoms with Crippen molar-refractivity contribution in [2.24, 2.45) is 0 Å². The first-order valence-corrected chi connectivity index (χ1v) is 17.2. The normalized spacial score (nSPS) is 13.5. The molecule has 0 amide bonds. The molecule has 1 heterocycles. The highest BCUT2D eigenvalue weighted by molar-refractivity contribution is 7.26. The van der Waals surface area contributed by atoms with E-state index >= 15 is 0 Å². The highest BCUT2D eigenvalue weighted by atomic mass is 32.1. The summed E-state index contributed by atoms with van der Waals surface area (Å²) in [6.45, 7) is 4.72. The number of thiophene rings is 1. The molecular weight excluding hydrogens is 587 g/mol. The molecule has 0 aliphatic heterocycles. The highest BCUT2D eigenvalue weighted by Crippen LogP contribution is 2.54. The number of fused-ring (bicyclic) bond motifs is 11. The van der Waals surface area contributed by atoms with Crippen molar-refractivity contribution in [1.29, 1.82) is 0 Å². The zero-order valence-corrected chi connectivity index (χ0v) is 27.1. The zero-order valence-electron chi connectivity index (χ0n) is 26.3. The summed E-state index contributed by atoms with van der Waals surface area (Å²) < 4.78 is 2.67. The quantitative estimate of drug-likeness (QED) is 0.178. The molecule has 1 aliphatic rings. The maximum Gasteiger partial charge on any atom is 0.0543 e. The molecule has 1 aromatic heterocycles. The van der Waals surface area contributed by atoms with E-state index in [4.69, 9.17) is 0 Å². The number of hydrogen-bond donors (Lipinski definition) is 0. The summed E-state index contributed by atoms with van der Waals surface area (Å²) in [5, 5.41) is 10.4. The van der Waals surface area contributed by atoms with Crippen LogP contribution in [0.1, 0.15) is 25.0 Å². The average Bonchev–Trinajstić information content (AvgIpc) is 3.60. The van der Waals surface area contributed by atoms with Gasteiger partial charge in [0.05, 0.1) is 5.69 Å². The first-order valence-electron chi connectivity index (χ1n) is 16.4. The average molecular weight is 618 g/mol. The SMILES string of the molecule is CC1(C)c2ccccc2-c2c(N(c3ccc4ccccc4c3)c3ccc4sc5c(ccc6ccc7ccccc7c65)c4c3)cccc21. The number of rotatable bonds is 3. The number of benzene rings is 8. The van der Waals surface area contributed by atoms with Gasteiger partial charge in [-0.2, -0.15) is 0 Å². The predicted molar refractivity (Wildman–Crippen MR) is 204 cm³/mol. The van der Waals surface area contributed by atoms with Gasteiger partial charge in [0.1, 0.15) is 0 Å². The van der Waals surface area contributed by atoms with Gasteiger partial charge in [0.2, 0.25) is 0 Å². The van der Waals surface area contributed by atoms with Crippen molar-refractivity contribution in [3.05, 3.63) is 163 Å². The maximum absolute atomic E-state index is 2.49. The Hall–Kier alpha value is -5.44. The lowest BCUT2D eigenvalue weighted by atomic mass is 9.82. The van der Waals surface area contributed by atoms with E-state index in [9.17, 15) is 0 Å². The van der Waals surface area contributed by atoms with Gasteiger partial charge in [0.15, 0.2) is 0 Å². The number of nitrogens with zero attached hydrogens (tertiary/aromatic N) is 1. The summed E-state index contributed by atoms with van der Waals surface area (Å²) in [6.07, 6.45) is 0. The molecule has 2 heteroatoms. The number of anilines is 3. The molecule has 9 aromatic rings. The minimum Gasteiger partial charge on any atom is -0.310 e. The molecule has 0 spiro atoms. The molecule has 222 valence electrons. The van der Waals surface area contributed by atoms with Crippen LogP contribution in [0, 0.1) is 0 Å². The Morgan fingerprint density at radius 3 is 2.09 bits per heavy atom. The Morgan fingerprint density at radius 2 is 1.17 bits per heavy atom. The Kier molecular flexibility index (Phi) is 5.57. The summed E-state index contributed by atoms with van der Waals surface area (Å²) in [5.41, 5.74) is 8.89. The molecule has 0 radical (unpaired) electrons. The van der Waals surface area contributed by atoms with Crippen LogP contribution in [0.15, 0.2) is 152 Å². The lowest BCUT2D eigenvalue weighted by molar-refractivity contribution is 0.660.